The predicted molar refractivity (Wildman–Crippen MR) is 100 cm³/mol. The number of hydrogen-bond acceptors (Lipinski definition) is 4. The van der Waals surface area contributed by atoms with Gasteiger partial charge in [0, 0.05) is 0 Å². The minimum atomic E-state index is -2.02. The van der Waals surface area contributed by atoms with Gasteiger partial charge in [-0.2, -0.15) is 0 Å². The summed E-state index contributed by atoms with van der Waals surface area (Å²) in [6, 6.07) is 19.7. The molecule has 0 aliphatic carbocycles. The zero-order valence-corrected chi connectivity index (χ0v) is 15.7. The Hall–Kier alpha value is -2.40. The van der Waals surface area contributed by atoms with Crippen molar-refractivity contribution in [3.63, 3.8) is 0 Å². The lowest BCUT2D eigenvalue weighted by atomic mass is 10.2. The lowest BCUT2D eigenvalue weighted by Crippen LogP contribution is -2.45. The molecule has 0 fully saturated rings. The zero-order chi connectivity index (χ0) is 18.1. The van der Waals surface area contributed by atoms with Gasteiger partial charge in [-0.15, -0.1) is 0 Å². The van der Waals surface area contributed by atoms with Crippen molar-refractivity contribution in [3.05, 3.63) is 71.8 Å². The smallest absolute Gasteiger partial charge is 0.337 e. The fourth-order valence-electron chi connectivity index (χ4n) is 2.45. The Kier molecular flexibility index (Phi) is 6.95. The summed E-state index contributed by atoms with van der Waals surface area (Å²) in [4.78, 5) is 24.4. The first-order valence-electron chi connectivity index (χ1n) is 8.54. The topological polar surface area (TPSA) is 52.6 Å². The van der Waals surface area contributed by atoms with E-state index in [1.807, 2.05) is 36.4 Å². The fraction of sp³-hybridized carbons (Fsp3) is 0.300. The van der Waals surface area contributed by atoms with Crippen molar-refractivity contribution in [2.75, 3.05) is 12.5 Å². The molecule has 25 heavy (non-hydrogen) atoms. The molecule has 0 amide bonds. The third kappa shape index (κ3) is 5.29. The van der Waals surface area contributed by atoms with E-state index in [-0.39, 0.29) is 11.9 Å². The lowest BCUT2D eigenvalue weighted by Gasteiger charge is -2.28. The molecule has 0 aromatic heterocycles. The first-order valence-corrected chi connectivity index (χ1v) is 11.4. The van der Waals surface area contributed by atoms with Crippen molar-refractivity contribution >= 4 is 20.0 Å². The lowest BCUT2D eigenvalue weighted by molar-refractivity contribution is 0.0532. The van der Waals surface area contributed by atoms with Crippen LogP contribution in [0.2, 0.25) is 12.1 Å². The Morgan fingerprint density at radius 3 is 1.40 bits per heavy atom. The molecule has 132 valence electrons. The maximum Gasteiger partial charge on any atom is 0.337 e. The summed E-state index contributed by atoms with van der Waals surface area (Å²) in [5.41, 5.74) is 1.08. The van der Waals surface area contributed by atoms with Crippen LogP contribution in [0.25, 0.3) is 0 Å². The minimum absolute atomic E-state index is 0.325. The molecule has 0 aliphatic heterocycles. The molecule has 2 aromatic rings. The molecule has 2 aromatic carbocycles. The van der Waals surface area contributed by atoms with Gasteiger partial charge in [0.2, 0.25) is 0 Å². The molecule has 0 N–H and O–H groups in total. The van der Waals surface area contributed by atoms with Crippen LogP contribution in [0.5, 0.6) is 0 Å². The molecule has 5 heteroatoms. The molecule has 0 aliphatic rings. The van der Waals surface area contributed by atoms with Gasteiger partial charge >= 0.3 is 11.9 Å². The van der Waals surface area contributed by atoms with Crippen LogP contribution in [0.15, 0.2) is 60.7 Å². The van der Waals surface area contributed by atoms with Crippen LogP contribution in [0.3, 0.4) is 0 Å². The summed E-state index contributed by atoms with van der Waals surface area (Å²) in [5.74, 6) is -0.650. The van der Waals surface area contributed by atoms with Gasteiger partial charge in [0.25, 0.3) is 0 Å². The highest BCUT2D eigenvalue weighted by Crippen LogP contribution is 2.18. The standard InChI is InChI=1S/C20H24O4Si/c1-3-25(4-2,15-23-19(21)17-11-7-5-8-12-17)16-24-20(22)18-13-9-6-10-14-18/h5-14H,3-4,15-16H2,1-2H3. The largest absolute Gasteiger partial charge is 0.466 e. The maximum atomic E-state index is 12.2. The molecule has 0 bridgehead atoms. The second kappa shape index (κ2) is 9.18. The van der Waals surface area contributed by atoms with Crippen LogP contribution in [0, 0.1) is 0 Å². The normalized spacial score (nSPS) is 11.0. The Balaban J connectivity index is 1.95. The van der Waals surface area contributed by atoms with Crippen molar-refractivity contribution in [2.24, 2.45) is 0 Å². The third-order valence-corrected chi connectivity index (χ3v) is 9.05. The number of esters is 2. The van der Waals surface area contributed by atoms with Crippen molar-refractivity contribution < 1.29 is 19.1 Å². The first kappa shape index (κ1) is 18.9. The van der Waals surface area contributed by atoms with E-state index in [0.717, 1.165) is 12.1 Å². The molecular weight excluding hydrogens is 332 g/mol. The number of carbonyl (C=O) groups is 2. The summed E-state index contributed by atoms with van der Waals surface area (Å²) in [6.07, 6.45) is 0.714. The molecule has 0 heterocycles. The monoisotopic (exact) mass is 356 g/mol. The predicted octanol–water partition coefficient (Wildman–Crippen LogP) is 4.27. The summed E-state index contributed by atoms with van der Waals surface area (Å²) in [6.45, 7) is 4.14. The van der Waals surface area contributed by atoms with Crippen molar-refractivity contribution in [1.29, 1.82) is 0 Å². The van der Waals surface area contributed by atoms with Gasteiger partial charge in [-0.3, -0.25) is 0 Å². The van der Waals surface area contributed by atoms with Gasteiger partial charge < -0.3 is 9.47 Å². The number of carbonyl (C=O) groups excluding carboxylic acids is 2. The highest BCUT2D eigenvalue weighted by atomic mass is 28.3. The van der Waals surface area contributed by atoms with E-state index in [2.05, 4.69) is 13.8 Å². The van der Waals surface area contributed by atoms with Gasteiger partial charge in [-0.1, -0.05) is 62.3 Å². The highest BCUT2D eigenvalue weighted by molar-refractivity contribution is 6.79. The molecule has 0 unspecified atom stereocenters. The second-order valence-corrected chi connectivity index (χ2v) is 11.1. The van der Waals surface area contributed by atoms with E-state index in [9.17, 15) is 9.59 Å². The van der Waals surface area contributed by atoms with Crippen LogP contribution in [0.4, 0.5) is 0 Å². The number of benzene rings is 2. The molecule has 2 rings (SSSR count). The van der Waals surface area contributed by atoms with E-state index in [1.165, 1.54) is 0 Å². The van der Waals surface area contributed by atoms with E-state index in [4.69, 9.17) is 9.47 Å². The second-order valence-electron chi connectivity index (χ2n) is 6.09. The Bertz CT molecular complexity index is 624. The summed E-state index contributed by atoms with van der Waals surface area (Å²) >= 11 is 0. The Morgan fingerprint density at radius 1 is 0.720 bits per heavy atom. The van der Waals surface area contributed by atoms with Gasteiger partial charge in [0.15, 0.2) is 0 Å². The highest BCUT2D eigenvalue weighted by Gasteiger charge is 2.33. The molecular formula is C20H24O4Si. The summed E-state index contributed by atoms with van der Waals surface area (Å²) in [5, 5.41) is 0. The summed E-state index contributed by atoms with van der Waals surface area (Å²) in [7, 11) is -2.02. The molecule has 0 saturated heterocycles. The maximum absolute atomic E-state index is 12.2. The molecule has 0 spiro atoms. The average Bonchev–Trinajstić information content (AvgIpc) is 2.69. The van der Waals surface area contributed by atoms with Crippen LogP contribution >= 0.6 is 0 Å². The van der Waals surface area contributed by atoms with Crippen molar-refractivity contribution in [1.82, 2.24) is 0 Å². The van der Waals surface area contributed by atoms with Crippen LogP contribution in [-0.2, 0) is 9.47 Å². The Labute approximate surface area is 149 Å². The zero-order valence-electron chi connectivity index (χ0n) is 14.7. The molecule has 0 saturated carbocycles. The van der Waals surface area contributed by atoms with Crippen molar-refractivity contribution in [2.45, 2.75) is 25.9 Å². The summed E-state index contributed by atoms with van der Waals surface area (Å²) < 4.78 is 11.1. The van der Waals surface area contributed by atoms with Crippen molar-refractivity contribution in [3.8, 4) is 0 Å². The third-order valence-electron chi connectivity index (χ3n) is 4.54. The van der Waals surface area contributed by atoms with Crippen LogP contribution in [-0.4, -0.2) is 32.5 Å². The minimum Gasteiger partial charge on any atom is -0.466 e. The molecule has 0 radical (unpaired) electrons. The number of rotatable bonds is 8. The quantitative estimate of drug-likeness (QED) is 0.524. The van der Waals surface area contributed by atoms with E-state index < -0.39 is 8.07 Å². The number of ether oxygens (including phenoxy) is 2. The Morgan fingerprint density at radius 2 is 1.08 bits per heavy atom. The van der Waals surface area contributed by atoms with Crippen LogP contribution in [0.1, 0.15) is 34.6 Å². The van der Waals surface area contributed by atoms with E-state index in [0.29, 0.717) is 23.6 Å². The molecule has 4 nitrogen and oxygen atoms in total. The van der Waals surface area contributed by atoms with Crippen LogP contribution < -0.4 is 0 Å². The number of hydrogen-bond donors (Lipinski definition) is 0. The van der Waals surface area contributed by atoms with E-state index in [1.54, 1.807) is 24.3 Å². The SMILES string of the molecule is CC[Si](CC)(COC(=O)c1ccccc1)COC(=O)c1ccccc1. The van der Waals surface area contributed by atoms with E-state index >= 15 is 0 Å². The van der Waals surface area contributed by atoms with Gasteiger partial charge in [-0.05, 0) is 24.3 Å². The first-order chi connectivity index (χ1) is 12.1. The van der Waals surface area contributed by atoms with Gasteiger partial charge in [-0.25, -0.2) is 9.59 Å². The molecule has 0 atom stereocenters. The van der Waals surface area contributed by atoms with Gasteiger partial charge in [0.05, 0.1) is 23.6 Å². The fourth-order valence-corrected chi connectivity index (χ4v) is 4.73. The van der Waals surface area contributed by atoms with Gasteiger partial charge in [0.1, 0.15) is 8.07 Å². The average molecular weight is 356 g/mol.